The maximum atomic E-state index is 11.1. The van der Waals surface area contributed by atoms with Gasteiger partial charge in [-0.3, -0.25) is 4.90 Å². The van der Waals surface area contributed by atoms with Gasteiger partial charge in [-0.1, -0.05) is 43.2 Å². The van der Waals surface area contributed by atoms with E-state index in [9.17, 15) is 5.11 Å². The van der Waals surface area contributed by atoms with Crippen LogP contribution in [0.3, 0.4) is 0 Å². The van der Waals surface area contributed by atoms with Crippen molar-refractivity contribution in [3.05, 3.63) is 35.4 Å². The number of nitrogens with one attached hydrogen (secondary N) is 1. The van der Waals surface area contributed by atoms with Gasteiger partial charge in [0.05, 0.1) is 0 Å². The Bertz CT molecular complexity index is 388. The Morgan fingerprint density at radius 1 is 1.33 bits per heavy atom. The van der Waals surface area contributed by atoms with Crippen LogP contribution in [-0.4, -0.2) is 36.2 Å². The minimum Gasteiger partial charge on any atom is -0.371 e. The smallest absolute Gasteiger partial charge is 0.144 e. The van der Waals surface area contributed by atoms with Crippen molar-refractivity contribution in [2.75, 3.05) is 26.2 Å². The summed E-state index contributed by atoms with van der Waals surface area (Å²) in [5, 5.41) is 14.5. The summed E-state index contributed by atoms with van der Waals surface area (Å²) in [5.41, 5.74) is 1.44. The Morgan fingerprint density at radius 3 is 2.67 bits per heavy atom. The highest BCUT2D eigenvalue weighted by Crippen LogP contribution is 2.31. The SMILES string of the molecule is CCCC(O)(c1cccc(C)c1)N1CCNCC1. The Kier molecular flexibility index (Phi) is 4.38. The first-order valence-corrected chi connectivity index (χ1v) is 6.92. The predicted molar refractivity (Wildman–Crippen MR) is 74.4 cm³/mol. The van der Waals surface area contributed by atoms with Gasteiger partial charge in [0.15, 0.2) is 0 Å². The van der Waals surface area contributed by atoms with Gasteiger partial charge in [0.2, 0.25) is 0 Å². The molecule has 0 spiro atoms. The van der Waals surface area contributed by atoms with E-state index in [0.29, 0.717) is 0 Å². The summed E-state index contributed by atoms with van der Waals surface area (Å²) in [7, 11) is 0. The van der Waals surface area contributed by atoms with Gasteiger partial charge in [0.25, 0.3) is 0 Å². The molecule has 1 aromatic carbocycles. The van der Waals surface area contributed by atoms with Crippen LogP contribution in [0, 0.1) is 6.92 Å². The van der Waals surface area contributed by atoms with Gasteiger partial charge >= 0.3 is 0 Å². The molecule has 0 saturated carbocycles. The Balaban J connectivity index is 2.29. The zero-order chi connectivity index (χ0) is 13.0. The molecule has 0 aliphatic carbocycles. The van der Waals surface area contributed by atoms with E-state index >= 15 is 0 Å². The second-order valence-electron chi connectivity index (χ2n) is 5.17. The molecule has 1 atom stereocenters. The second kappa shape index (κ2) is 5.83. The third-order valence-electron chi connectivity index (χ3n) is 3.72. The van der Waals surface area contributed by atoms with Crippen LogP contribution in [0.2, 0.25) is 0 Å². The van der Waals surface area contributed by atoms with Crippen molar-refractivity contribution in [2.45, 2.75) is 32.4 Å². The molecule has 3 nitrogen and oxygen atoms in total. The van der Waals surface area contributed by atoms with Crippen LogP contribution in [0.1, 0.15) is 30.9 Å². The zero-order valence-corrected chi connectivity index (χ0v) is 11.4. The normalized spacial score (nSPS) is 20.6. The topological polar surface area (TPSA) is 35.5 Å². The number of aliphatic hydroxyl groups is 1. The lowest BCUT2D eigenvalue weighted by Crippen LogP contribution is -2.54. The van der Waals surface area contributed by atoms with Crippen LogP contribution in [0.4, 0.5) is 0 Å². The van der Waals surface area contributed by atoms with Crippen molar-refractivity contribution < 1.29 is 5.11 Å². The van der Waals surface area contributed by atoms with Crippen LogP contribution in [-0.2, 0) is 5.72 Å². The first kappa shape index (κ1) is 13.5. The van der Waals surface area contributed by atoms with Crippen LogP contribution >= 0.6 is 0 Å². The third kappa shape index (κ3) is 2.74. The molecule has 1 aliphatic heterocycles. The van der Waals surface area contributed by atoms with E-state index in [4.69, 9.17) is 0 Å². The standard InChI is InChI=1S/C15H24N2O/c1-3-7-15(18,17-10-8-16-9-11-17)14-6-4-5-13(2)12-14/h4-6,12,16,18H,3,7-11H2,1-2H3. The Morgan fingerprint density at radius 2 is 2.06 bits per heavy atom. The van der Waals surface area contributed by atoms with Gasteiger partial charge in [-0.05, 0) is 18.9 Å². The Labute approximate surface area is 110 Å². The minimum atomic E-state index is -0.803. The maximum absolute atomic E-state index is 11.1. The number of hydrogen-bond acceptors (Lipinski definition) is 3. The van der Waals surface area contributed by atoms with E-state index in [0.717, 1.165) is 44.6 Å². The molecule has 1 fully saturated rings. The second-order valence-corrected chi connectivity index (χ2v) is 5.17. The van der Waals surface area contributed by atoms with E-state index in [2.05, 4.69) is 36.2 Å². The highest BCUT2D eigenvalue weighted by molar-refractivity contribution is 5.27. The first-order chi connectivity index (χ1) is 8.66. The van der Waals surface area contributed by atoms with E-state index in [1.807, 2.05) is 12.1 Å². The lowest BCUT2D eigenvalue weighted by atomic mass is 9.94. The molecule has 0 radical (unpaired) electrons. The first-order valence-electron chi connectivity index (χ1n) is 6.92. The van der Waals surface area contributed by atoms with Gasteiger partial charge in [-0.25, -0.2) is 0 Å². The van der Waals surface area contributed by atoms with Crippen LogP contribution in [0.5, 0.6) is 0 Å². The fourth-order valence-electron chi connectivity index (χ4n) is 2.76. The number of aryl methyl sites for hydroxylation is 1. The van der Waals surface area contributed by atoms with Crippen LogP contribution in [0.25, 0.3) is 0 Å². The summed E-state index contributed by atoms with van der Waals surface area (Å²) in [4.78, 5) is 2.21. The van der Waals surface area contributed by atoms with Crippen LogP contribution < -0.4 is 5.32 Å². The molecule has 0 aromatic heterocycles. The third-order valence-corrected chi connectivity index (χ3v) is 3.72. The predicted octanol–water partition coefficient (Wildman–Crippen LogP) is 1.85. The molecule has 1 saturated heterocycles. The molecule has 0 bridgehead atoms. The van der Waals surface area contributed by atoms with Gasteiger partial charge in [-0.15, -0.1) is 0 Å². The minimum absolute atomic E-state index is 0.788. The molecular formula is C15H24N2O. The molecule has 1 heterocycles. The fraction of sp³-hybridized carbons (Fsp3) is 0.600. The molecule has 100 valence electrons. The summed E-state index contributed by atoms with van der Waals surface area (Å²) in [6.07, 6.45) is 1.77. The lowest BCUT2D eigenvalue weighted by Gasteiger charge is -2.42. The van der Waals surface area contributed by atoms with Crippen molar-refractivity contribution in [1.82, 2.24) is 10.2 Å². The molecule has 3 heteroatoms. The largest absolute Gasteiger partial charge is 0.371 e. The lowest BCUT2D eigenvalue weighted by molar-refractivity contribution is -0.127. The highest BCUT2D eigenvalue weighted by Gasteiger charge is 2.35. The Hall–Kier alpha value is -0.900. The van der Waals surface area contributed by atoms with Gasteiger partial charge in [0.1, 0.15) is 5.72 Å². The molecule has 0 amide bonds. The number of benzene rings is 1. The van der Waals surface area contributed by atoms with Gasteiger partial charge in [0, 0.05) is 26.2 Å². The van der Waals surface area contributed by atoms with Crippen molar-refractivity contribution in [1.29, 1.82) is 0 Å². The fourth-order valence-corrected chi connectivity index (χ4v) is 2.76. The van der Waals surface area contributed by atoms with E-state index < -0.39 is 5.72 Å². The quantitative estimate of drug-likeness (QED) is 0.853. The van der Waals surface area contributed by atoms with Crippen molar-refractivity contribution in [2.24, 2.45) is 0 Å². The maximum Gasteiger partial charge on any atom is 0.144 e. The molecular weight excluding hydrogens is 224 g/mol. The summed E-state index contributed by atoms with van der Waals surface area (Å²) >= 11 is 0. The van der Waals surface area contributed by atoms with Gasteiger partial charge < -0.3 is 10.4 Å². The summed E-state index contributed by atoms with van der Waals surface area (Å²) in [6, 6.07) is 8.27. The highest BCUT2D eigenvalue weighted by atomic mass is 16.3. The van der Waals surface area contributed by atoms with E-state index in [-0.39, 0.29) is 0 Å². The van der Waals surface area contributed by atoms with Crippen LogP contribution in [0.15, 0.2) is 24.3 Å². The summed E-state index contributed by atoms with van der Waals surface area (Å²) in [6.45, 7) is 7.93. The average Bonchev–Trinajstić information content (AvgIpc) is 2.40. The van der Waals surface area contributed by atoms with Crippen molar-refractivity contribution in [3.8, 4) is 0 Å². The number of piperazine rings is 1. The number of nitrogens with zero attached hydrogens (tertiary/aromatic N) is 1. The molecule has 2 rings (SSSR count). The summed E-state index contributed by atoms with van der Waals surface area (Å²) in [5.74, 6) is 0. The van der Waals surface area contributed by atoms with E-state index in [1.54, 1.807) is 0 Å². The average molecular weight is 248 g/mol. The molecule has 18 heavy (non-hydrogen) atoms. The van der Waals surface area contributed by atoms with Gasteiger partial charge in [-0.2, -0.15) is 0 Å². The molecule has 1 aliphatic rings. The van der Waals surface area contributed by atoms with E-state index in [1.165, 1.54) is 5.56 Å². The molecule has 2 N–H and O–H groups in total. The number of rotatable bonds is 4. The zero-order valence-electron chi connectivity index (χ0n) is 11.4. The summed E-state index contributed by atoms with van der Waals surface area (Å²) < 4.78 is 0. The van der Waals surface area contributed by atoms with Crippen molar-refractivity contribution in [3.63, 3.8) is 0 Å². The molecule has 1 unspecified atom stereocenters. The number of hydrogen-bond donors (Lipinski definition) is 2. The van der Waals surface area contributed by atoms with Crippen molar-refractivity contribution >= 4 is 0 Å². The molecule has 1 aromatic rings. The monoisotopic (exact) mass is 248 g/mol.